The Balaban J connectivity index is 2.08. The van der Waals surface area contributed by atoms with E-state index >= 15 is 0 Å². The summed E-state index contributed by atoms with van der Waals surface area (Å²) in [5, 5.41) is 10.6. The zero-order valence-corrected chi connectivity index (χ0v) is 11.4. The van der Waals surface area contributed by atoms with Gasteiger partial charge in [0.15, 0.2) is 5.78 Å². The molecule has 3 aliphatic rings. The molecule has 0 aromatic heterocycles. The van der Waals surface area contributed by atoms with Gasteiger partial charge < -0.3 is 9.84 Å². The predicted molar refractivity (Wildman–Crippen MR) is 67.9 cm³/mol. The van der Waals surface area contributed by atoms with Crippen molar-refractivity contribution in [3.05, 3.63) is 23.3 Å². The quantitative estimate of drug-likeness (QED) is 0.675. The van der Waals surface area contributed by atoms with Crippen LogP contribution in [-0.2, 0) is 14.3 Å². The van der Waals surface area contributed by atoms with Crippen LogP contribution in [-0.4, -0.2) is 22.6 Å². The van der Waals surface area contributed by atoms with Crippen LogP contribution in [0.25, 0.3) is 0 Å². The normalized spacial score (nSPS) is 45.1. The van der Waals surface area contributed by atoms with Crippen molar-refractivity contribution in [3.63, 3.8) is 0 Å². The number of ether oxygens (including phenoxy) is 1. The molecule has 0 radical (unpaired) electrons. The summed E-state index contributed by atoms with van der Waals surface area (Å²) in [4.78, 5) is 23.5. The molecule has 1 saturated carbocycles. The van der Waals surface area contributed by atoms with Crippen LogP contribution < -0.4 is 0 Å². The molecule has 4 nitrogen and oxygen atoms in total. The van der Waals surface area contributed by atoms with Crippen molar-refractivity contribution in [3.8, 4) is 0 Å². The van der Waals surface area contributed by atoms with Crippen molar-refractivity contribution in [2.45, 2.75) is 39.4 Å². The number of fused-ring (bicyclic) bond motifs is 2. The van der Waals surface area contributed by atoms with E-state index in [1.807, 2.05) is 19.9 Å². The molecular formula is C15H18O4. The van der Waals surface area contributed by atoms with Crippen LogP contribution in [0.3, 0.4) is 0 Å². The second-order valence-corrected chi connectivity index (χ2v) is 6.30. The maximum atomic E-state index is 11.8. The van der Waals surface area contributed by atoms with E-state index in [9.17, 15) is 14.7 Å². The van der Waals surface area contributed by atoms with E-state index in [0.717, 1.165) is 0 Å². The largest absolute Gasteiger partial charge is 0.426 e. The van der Waals surface area contributed by atoms with E-state index in [1.54, 1.807) is 13.0 Å². The van der Waals surface area contributed by atoms with Crippen LogP contribution in [0, 0.1) is 17.3 Å². The highest BCUT2D eigenvalue weighted by atomic mass is 16.7. The Hall–Kier alpha value is -1.42. The predicted octanol–water partition coefficient (Wildman–Crippen LogP) is 1.74. The number of hydrogen-bond acceptors (Lipinski definition) is 4. The summed E-state index contributed by atoms with van der Waals surface area (Å²) >= 11 is 0. The molecule has 0 saturated heterocycles. The van der Waals surface area contributed by atoms with Gasteiger partial charge in [0.05, 0.1) is 0 Å². The molecule has 0 bridgehead atoms. The van der Waals surface area contributed by atoms with Gasteiger partial charge in [-0.3, -0.25) is 4.79 Å². The lowest BCUT2D eigenvalue weighted by Crippen LogP contribution is -2.50. The summed E-state index contributed by atoms with van der Waals surface area (Å²) in [5.41, 5.74) is 0.852. The number of rotatable bonds is 0. The van der Waals surface area contributed by atoms with E-state index in [2.05, 4.69) is 0 Å². The molecular weight excluding hydrogens is 244 g/mol. The Morgan fingerprint density at radius 2 is 2.11 bits per heavy atom. The van der Waals surface area contributed by atoms with Gasteiger partial charge in [0.1, 0.15) is 0 Å². The van der Waals surface area contributed by atoms with Gasteiger partial charge in [-0.15, -0.1) is 0 Å². The molecule has 3 rings (SSSR count). The number of carbonyl (C=O) groups excluding carboxylic acids is 2. The summed E-state index contributed by atoms with van der Waals surface area (Å²) in [5.74, 6) is -1.77. The maximum absolute atomic E-state index is 11.8. The molecule has 0 spiro atoms. The molecule has 1 N–H and O–H groups in total. The lowest BCUT2D eigenvalue weighted by Gasteiger charge is -2.49. The molecule has 4 atom stereocenters. The minimum atomic E-state index is -1.48. The van der Waals surface area contributed by atoms with Crippen LogP contribution in [0.1, 0.15) is 33.6 Å². The second-order valence-electron chi connectivity index (χ2n) is 6.30. The number of hydrogen-bond donors (Lipinski definition) is 1. The Kier molecular flexibility index (Phi) is 2.37. The van der Waals surface area contributed by atoms with Crippen LogP contribution in [0.15, 0.2) is 23.3 Å². The van der Waals surface area contributed by atoms with Gasteiger partial charge in [0, 0.05) is 23.5 Å². The first-order chi connectivity index (χ1) is 8.77. The van der Waals surface area contributed by atoms with Gasteiger partial charge in [0.2, 0.25) is 5.79 Å². The fraction of sp³-hybridized carbons (Fsp3) is 0.600. The second kappa shape index (κ2) is 3.57. The SMILES string of the molecule is CC1=C2C[C@@H]3[C@@H](C)C(=O)C=C[C@@]3(C)C[C@@]2(O)OC1=O. The van der Waals surface area contributed by atoms with Gasteiger partial charge in [-0.25, -0.2) is 4.79 Å². The smallest absolute Gasteiger partial charge is 0.336 e. The molecule has 0 unspecified atom stereocenters. The van der Waals surface area contributed by atoms with E-state index in [-0.39, 0.29) is 23.0 Å². The third-order valence-electron chi connectivity index (χ3n) is 5.06. The highest BCUT2D eigenvalue weighted by molar-refractivity contribution is 5.94. The maximum Gasteiger partial charge on any atom is 0.336 e. The first-order valence-corrected chi connectivity index (χ1v) is 6.66. The summed E-state index contributed by atoms with van der Waals surface area (Å²) in [6.45, 7) is 5.63. The minimum absolute atomic E-state index is 0.0875. The van der Waals surface area contributed by atoms with Crippen molar-refractivity contribution in [1.29, 1.82) is 0 Å². The number of ketones is 1. The molecule has 1 aliphatic heterocycles. The van der Waals surface area contributed by atoms with Crippen LogP contribution in [0.5, 0.6) is 0 Å². The topological polar surface area (TPSA) is 63.6 Å². The average molecular weight is 262 g/mol. The standard InChI is InChI=1S/C15H18O4/c1-8-10-6-11-9(2)13(17)19-15(11,18)7-14(10,3)5-4-12(8)16/h4-5,8,10,18H,6-7H2,1-3H3/t8-,10-,14+,15-/m1/s1. The molecule has 1 fully saturated rings. The van der Waals surface area contributed by atoms with E-state index in [4.69, 9.17) is 4.74 Å². The summed E-state index contributed by atoms with van der Waals surface area (Å²) < 4.78 is 5.17. The van der Waals surface area contributed by atoms with Crippen molar-refractivity contribution in [2.24, 2.45) is 17.3 Å². The van der Waals surface area contributed by atoms with Gasteiger partial charge in [-0.2, -0.15) is 0 Å². The van der Waals surface area contributed by atoms with E-state index in [0.29, 0.717) is 24.0 Å². The van der Waals surface area contributed by atoms with Gasteiger partial charge in [-0.1, -0.05) is 19.9 Å². The fourth-order valence-corrected chi connectivity index (χ4v) is 3.82. The third kappa shape index (κ3) is 1.56. The highest BCUT2D eigenvalue weighted by Crippen LogP contribution is 2.56. The molecule has 102 valence electrons. The first-order valence-electron chi connectivity index (χ1n) is 6.66. The molecule has 0 aromatic rings. The van der Waals surface area contributed by atoms with Crippen molar-refractivity contribution >= 4 is 11.8 Å². The Bertz CT molecular complexity index is 544. The van der Waals surface area contributed by atoms with Crippen molar-refractivity contribution in [1.82, 2.24) is 0 Å². The summed E-state index contributed by atoms with van der Waals surface area (Å²) in [6.07, 6.45) is 4.35. The Labute approximate surface area is 112 Å². The van der Waals surface area contributed by atoms with Crippen molar-refractivity contribution in [2.75, 3.05) is 0 Å². The lowest BCUT2D eigenvalue weighted by atomic mass is 9.57. The number of carbonyl (C=O) groups is 2. The first kappa shape index (κ1) is 12.6. The Morgan fingerprint density at radius 1 is 1.42 bits per heavy atom. The zero-order valence-electron chi connectivity index (χ0n) is 11.4. The molecule has 0 aromatic carbocycles. The minimum Gasteiger partial charge on any atom is -0.426 e. The van der Waals surface area contributed by atoms with Gasteiger partial charge in [-0.05, 0) is 30.8 Å². The monoisotopic (exact) mass is 262 g/mol. The molecule has 19 heavy (non-hydrogen) atoms. The summed E-state index contributed by atoms with van der Waals surface area (Å²) in [7, 11) is 0. The highest BCUT2D eigenvalue weighted by Gasteiger charge is 2.57. The molecule has 4 heteroatoms. The lowest BCUT2D eigenvalue weighted by molar-refractivity contribution is -0.201. The fourth-order valence-electron chi connectivity index (χ4n) is 3.82. The molecule has 1 heterocycles. The van der Waals surface area contributed by atoms with Crippen LogP contribution in [0.2, 0.25) is 0 Å². The van der Waals surface area contributed by atoms with Crippen LogP contribution in [0.4, 0.5) is 0 Å². The third-order valence-corrected chi connectivity index (χ3v) is 5.06. The van der Waals surface area contributed by atoms with Gasteiger partial charge in [0.25, 0.3) is 0 Å². The number of allylic oxidation sites excluding steroid dienone is 2. The zero-order chi connectivity index (χ0) is 14.0. The number of esters is 1. The summed E-state index contributed by atoms with van der Waals surface area (Å²) in [6, 6.07) is 0. The van der Waals surface area contributed by atoms with Gasteiger partial charge >= 0.3 is 5.97 Å². The molecule has 2 aliphatic carbocycles. The number of aliphatic hydroxyl groups is 1. The molecule has 0 amide bonds. The van der Waals surface area contributed by atoms with Crippen LogP contribution >= 0.6 is 0 Å². The Morgan fingerprint density at radius 3 is 2.79 bits per heavy atom. The average Bonchev–Trinajstić information content (AvgIpc) is 2.53. The van der Waals surface area contributed by atoms with E-state index in [1.165, 1.54) is 0 Å². The van der Waals surface area contributed by atoms with E-state index < -0.39 is 11.8 Å². The van der Waals surface area contributed by atoms with Crippen molar-refractivity contribution < 1.29 is 19.4 Å².